The van der Waals surface area contributed by atoms with Crippen LogP contribution in [0.25, 0.3) is 0 Å². The SMILES string of the molecule is CC(N)CCS(=O)(=O)CC(=O)Nc1ccccc1F. The van der Waals surface area contributed by atoms with Crippen LogP contribution in [0, 0.1) is 5.82 Å². The third kappa shape index (κ3) is 5.80. The van der Waals surface area contributed by atoms with Gasteiger partial charge in [-0.15, -0.1) is 0 Å². The molecule has 0 aliphatic heterocycles. The van der Waals surface area contributed by atoms with Crippen molar-refractivity contribution in [3.8, 4) is 0 Å². The molecule has 0 aliphatic rings. The second-order valence-corrected chi connectivity index (χ2v) is 6.57. The fourth-order valence-electron chi connectivity index (χ4n) is 1.39. The van der Waals surface area contributed by atoms with Gasteiger partial charge in [0.2, 0.25) is 5.91 Å². The highest BCUT2D eigenvalue weighted by Crippen LogP contribution is 2.12. The smallest absolute Gasteiger partial charge is 0.239 e. The minimum Gasteiger partial charge on any atom is -0.328 e. The maximum atomic E-state index is 13.3. The molecule has 1 rings (SSSR count). The molecule has 1 aromatic carbocycles. The van der Waals surface area contributed by atoms with Crippen LogP contribution in [0.3, 0.4) is 0 Å². The van der Waals surface area contributed by atoms with E-state index in [-0.39, 0.29) is 23.9 Å². The summed E-state index contributed by atoms with van der Waals surface area (Å²) in [6.07, 6.45) is 0.287. The zero-order valence-electron chi connectivity index (χ0n) is 10.6. The van der Waals surface area contributed by atoms with Crippen molar-refractivity contribution in [1.82, 2.24) is 0 Å². The summed E-state index contributed by atoms with van der Waals surface area (Å²) in [6.45, 7) is 1.69. The van der Waals surface area contributed by atoms with Gasteiger partial charge in [-0.05, 0) is 25.5 Å². The molecule has 0 radical (unpaired) electrons. The molecule has 0 saturated carbocycles. The molecule has 3 N–H and O–H groups in total. The number of hydrogen-bond donors (Lipinski definition) is 2. The van der Waals surface area contributed by atoms with Crippen LogP contribution in [0.4, 0.5) is 10.1 Å². The van der Waals surface area contributed by atoms with Crippen molar-refractivity contribution in [2.45, 2.75) is 19.4 Å². The van der Waals surface area contributed by atoms with Crippen LogP contribution < -0.4 is 11.1 Å². The second-order valence-electron chi connectivity index (χ2n) is 4.39. The first-order valence-corrected chi connectivity index (χ1v) is 7.62. The summed E-state index contributed by atoms with van der Waals surface area (Å²) in [5.41, 5.74) is 5.43. The number of nitrogens with two attached hydrogens (primary N) is 1. The van der Waals surface area contributed by atoms with Gasteiger partial charge in [-0.1, -0.05) is 12.1 Å². The average Bonchev–Trinajstić information content (AvgIpc) is 2.29. The highest BCUT2D eigenvalue weighted by atomic mass is 32.2. The van der Waals surface area contributed by atoms with Gasteiger partial charge in [-0.3, -0.25) is 4.79 Å². The Morgan fingerprint density at radius 2 is 2.05 bits per heavy atom. The van der Waals surface area contributed by atoms with Crippen LogP contribution in [0.1, 0.15) is 13.3 Å². The summed E-state index contributed by atoms with van der Waals surface area (Å²) in [6, 6.07) is 5.32. The summed E-state index contributed by atoms with van der Waals surface area (Å²) < 4.78 is 36.5. The van der Waals surface area contributed by atoms with Crippen molar-refractivity contribution >= 4 is 21.4 Å². The standard InChI is InChI=1S/C12H17FN2O3S/c1-9(14)6-7-19(17,18)8-12(16)15-11-5-3-2-4-10(11)13/h2-5,9H,6-8,14H2,1H3,(H,15,16). The lowest BCUT2D eigenvalue weighted by Gasteiger charge is -2.08. The van der Waals surface area contributed by atoms with E-state index in [0.29, 0.717) is 0 Å². The molecule has 1 unspecified atom stereocenters. The van der Waals surface area contributed by atoms with Gasteiger partial charge < -0.3 is 11.1 Å². The van der Waals surface area contributed by atoms with E-state index < -0.39 is 27.3 Å². The molecule has 7 heteroatoms. The molecular weight excluding hydrogens is 271 g/mol. The molecule has 106 valence electrons. The van der Waals surface area contributed by atoms with Gasteiger partial charge in [0.05, 0.1) is 11.4 Å². The fourth-order valence-corrected chi connectivity index (χ4v) is 2.73. The van der Waals surface area contributed by atoms with E-state index in [2.05, 4.69) is 5.32 Å². The summed E-state index contributed by atoms with van der Waals surface area (Å²) in [5.74, 6) is -2.19. The van der Waals surface area contributed by atoms with Crippen LogP contribution >= 0.6 is 0 Å². The first-order chi connectivity index (χ1) is 8.80. The Morgan fingerprint density at radius 3 is 2.63 bits per heavy atom. The number of halogens is 1. The van der Waals surface area contributed by atoms with Gasteiger partial charge in [-0.2, -0.15) is 0 Å². The third-order valence-electron chi connectivity index (χ3n) is 2.38. The number of benzene rings is 1. The van der Waals surface area contributed by atoms with Gasteiger partial charge in [0, 0.05) is 6.04 Å². The minimum atomic E-state index is -3.52. The van der Waals surface area contributed by atoms with Gasteiger partial charge in [0.1, 0.15) is 11.6 Å². The number of para-hydroxylation sites is 1. The molecule has 0 aromatic heterocycles. The van der Waals surface area contributed by atoms with E-state index >= 15 is 0 Å². The van der Waals surface area contributed by atoms with Crippen molar-refractivity contribution < 1.29 is 17.6 Å². The highest BCUT2D eigenvalue weighted by molar-refractivity contribution is 7.92. The van der Waals surface area contributed by atoms with Crippen molar-refractivity contribution in [1.29, 1.82) is 0 Å². The normalized spacial score (nSPS) is 13.0. The predicted molar refractivity (Wildman–Crippen MR) is 71.9 cm³/mol. The molecule has 0 saturated heterocycles. The fraction of sp³-hybridized carbons (Fsp3) is 0.417. The van der Waals surface area contributed by atoms with Crippen molar-refractivity contribution in [3.05, 3.63) is 30.1 Å². The topological polar surface area (TPSA) is 89.3 Å². The minimum absolute atomic E-state index is 0.0325. The van der Waals surface area contributed by atoms with Crippen molar-refractivity contribution in [2.75, 3.05) is 16.8 Å². The van der Waals surface area contributed by atoms with E-state index in [1.165, 1.54) is 18.2 Å². The van der Waals surface area contributed by atoms with E-state index in [9.17, 15) is 17.6 Å². The Morgan fingerprint density at radius 1 is 1.42 bits per heavy atom. The summed E-state index contributed by atoms with van der Waals surface area (Å²) >= 11 is 0. The lowest BCUT2D eigenvalue weighted by Crippen LogP contribution is -2.27. The average molecular weight is 288 g/mol. The number of nitrogens with one attached hydrogen (secondary N) is 1. The lowest BCUT2D eigenvalue weighted by atomic mass is 10.3. The van der Waals surface area contributed by atoms with Gasteiger partial charge in [-0.25, -0.2) is 12.8 Å². The van der Waals surface area contributed by atoms with Crippen LogP contribution in [0.5, 0.6) is 0 Å². The lowest BCUT2D eigenvalue weighted by molar-refractivity contribution is -0.113. The molecule has 1 atom stereocenters. The molecule has 0 bridgehead atoms. The maximum absolute atomic E-state index is 13.3. The molecule has 5 nitrogen and oxygen atoms in total. The molecule has 19 heavy (non-hydrogen) atoms. The van der Waals surface area contributed by atoms with Gasteiger partial charge >= 0.3 is 0 Å². The molecule has 0 aliphatic carbocycles. The van der Waals surface area contributed by atoms with Crippen LogP contribution in [0.15, 0.2) is 24.3 Å². The van der Waals surface area contributed by atoms with Crippen LogP contribution in [-0.2, 0) is 14.6 Å². The van der Waals surface area contributed by atoms with Crippen molar-refractivity contribution in [2.24, 2.45) is 5.73 Å². The number of carbonyl (C=O) groups excluding carboxylic acids is 1. The molecule has 1 amide bonds. The third-order valence-corrected chi connectivity index (χ3v) is 3.94. The summed E-state index contributed by atoms with van der Waals surface area (Å²) in [4.78, 5) is 11.5. The molecule has 0 fully saturated rings. The molecule has 1 aromatic rings. The summed E-state index contributed by atoms with van der Waals surface area (Å²) in [5, 5.41) is 2.23. The molecular formula is C12H17FN2O3S. The number of carbonyl (C=O) groups is 1. The Balaban J connectivity index is 2.58. The van der Waals surface area contributed by atoms with Gasteiger partial charge in [0.15, 0.2) is 9.84 Å². The predicted octanol–water partition coefficient (Wildman–Crippen LogP) is 0.916. The number of rotatable bonds is 6. The second kappa shape index (κ2) is 6.63. The van der Waals surface area contributed by atoms with Crippen molar-refractivity contribution in [3.63, 3.8) is 0 Å². The quantitative estimate of drug-likeness (QED) is 0.814. The Labute approximate surface area is 111 Å². The number of anilines is 1. The number of amides is 1. The number of hydrogen-bond acceptors (Lipinski definition) is 4. The maximum Gasteiger partial charge on any atom is 0.239 e. The Bertz CT molecular complexity index is 544. The Hall–Kier alpha value is -1.47. The molecule has 0 heterocycles. The Kier molecular flexibility index (Phi) is 5.44. The van der Waals surface area contributed by atoms with E-state index in [0.717, 1.165) is 0 Å². The van der Waals surface area contributed by atoms with Crippen LogP contribution in [-0.4, -0.2) is 31.9 Å². The zero-order chi connectivity index (χ0) is 14.5. The molecule has 0 spiro atoms. The highest BCUT2D eigenvalue weighted by Gasteiger charge is 2.18. The van der Waals surface area contributed by atoms with Crippen LogP contribution in [0.2, 0.25) is 0 Å². The first kappa shape index (κ1) is 15.6. The summed E-state index contributed by atoms with van der Waals surface area (Å²) in [7, 11) is -3.52. The largest absolute Gasteiger partial charge is 0.328 e. The van der Waals surface area contributed by atoms with E-state index in [4.69, 9.17) is 5.73 Å². The first-order valence-electron chi connectivity index (χ1n) is 5.80. The van der Waals surface area contributed by atoms with Gasteiger partial charge in [0.25, 0.3) is 0 Å². The van der Waals surface area contributed by atoms with E-state index in [1.54, 1.807) is 13.0 Å². The zero-order valence-corrected chi connectivity index (χ0v) is 11.4. The monoisotopic (exact) mass is 288 g/mol. The number of sulfone groups is 1. The van der Waals surface area contributed by atoms with E-state index in [1.807, 2.05) is 0 Å².